The molecule has 1 amide bonds. The standard InChI is InChI=1S/C16H19N3O/c1-12-5-2-3-7-15(12)19-16(20)14(10-17)9-13-6-4-8-18-11-13/h4,6,8-9,11-12,15H,2-3,5,7H2,1H3,(H,19,20). The summed E-state index contributed by atoms with van der Waals surface area (Å²) in [4.78, 5) is 16.1. The van der Waals surface area contributed by atoms with Crippen molar-refractivity contribution in [3.05, 3.63) is 35.7 Å². The average Bonchev–Trinajstić information content (AvgIpc) is 2.48. The lowest BCUT2D eigenvalue weighted by molar-refractivity contribution is -0.118. The van der Waals surface area contributed by atoms with Crippen molar-refractivity contribution in [1.29, 1.82) is 5.26 Å². The van der Waals surface area contributed by atoms with Crippen molar-refractivity contribution in [1.82, 2.24) is 10.3 Å². The Morgan fingerprint density at radius 2 is 2.30 bits per heavy atom. The molecule has 1 aromatic heterocycles. The van der Waals surface area contributed by atoms with E-state index in [1.807, 2.05) is 12.1 Å². The number of pyridine rings is 1. The fraction of sp³-hybridized carbons (Fsp3) is 0.438. The van der Waals surface area contributed by atoms with Crippen LogP contribution in [0.4, 0.5) is 0 Å². The van der Waals surface area contributed by atoms with Gasteiger partial charge in [0.25, 0.3) is 5.91 Å². The van der Waals surface area contributed by atoms with E-state index in [4.69, 9.17) is 5.26 Å². The highest BCUT2D eigenvalue weighted by Crippen LogP contribution is 2.24. The molecule has 4 heteroatoms. The molecular formula is C16H19N3O. The maximum atomic E-state index is 12.2. The molecule has 1 saturated carbocycles. The van der Waals surface area contributed by atoms with Gasteiger partial charge in [-0.05, 0) is 36.5 Å². The van der Waals surface area contributed by atoms with Gasteiger partial charge in [0, 0.05) is 18.4 Å². The van der Waals surface area contributed by atoms with Gasteiger partial charge >= 0.3 is 0 Å². The van der Waals surface area contributed by atoms with Crippen LogP contribution in [0.15, 0.2) is 30.1 Å². The van der Waals surface area contributed by atoms with Gasteiger partial charge in [-0.3, -0.25) is 9.78 Å². The molecule has 1 aliphatic rings. The van der Waals surface area contributed by atoms with Gasteiger partial charge in [0.05, 0.1) is 0 Å². The number of nitrogens with zero attached hydrogens (tertiary/aromatic N) is 2. The number of amides is 1. The molecular weight excluding hydrogens is 250 g/mol. The molecule has 0 spiro atoms. The van der Waals surface area contributed by atoms with E-state index >= 15 is 0 Å². The molecule has 0 bridgehead atoms. The van der Waals surface area contributed by atoms with Crippen LogP contribution in [0, 0.1) is 17.2 Å². The normalized spacial score (nSPS) is 22.9. The van der Waals surface area contributed by atoms with Crippen LogP contribution >= 0.6 is 0 Å². The van der Waals surface area contributed by atoms with Gasteiger partial charge in [-0.15, -0.1) is 0 Å². The third kappa shape index (κ3) is 3.67. The van der Waals surface area contributed by atoms with Gasteiger partial charge in [-0.2, -0.15) is 5.26 Å². The first-order valence-corrected chi connectivity index (χ1v) is 7.03. The van der Waals surface area contributed by atoms with Gasteiger partial charge < -0.3 is 5.32 Å². The summed E-state index contributed by atoms with van der Waals surface area (Å²) in [7, 11) is 0. The van der Waals surface area contributed by atoms with Crippen molar-refractivity contribution in [2.75, 3.05) is 0 Å². The number of rotatable bonds is 3. The summed E-state index contributed by atoms with van der Waals surface area (Å²) in [6.07, 6.45) is 9.38. The number of hydrogen-bond acceptors (Lipinski definition) is 3. The molecule has 2 rings (SSSR count). The second-order valence-corrected chi connectivity index (χ2v) is 5.30. The lowest BCUT2D eigenvalue weighted by Crippen LogP contribution is -2.41. The summed E-state index contributed by atoms with van der Waals surface area (Å²) in [6, 6.07) is 5.76. The Balaban J connectivity index is 2.06. The number of nitriles is 1. The molecule has 1 aliphatic carbocycles. The molecule has 1 aromatic rings. The van der Waals surface area contributed by atoms with Crippen LogP contribution in [0.5, 0.6) is 0 Å². The summed E-state index contributed by atoms with van der Waals surface area (Å²) < 4.78 is 0. The van der Waals surface area contributed by atoms with E-state index in [1.165, 1.54) is 6.42 Å². The minimum absolute atomic E-state index is 0.135. The van der Waals surface area contributed by atoms with Crippen molar-refractivity contribution in [2.45, 2.75) is 38.6 Å². The summed E-state index contributed by atoms with van der Waals surface area (Å²) in [6.45, 7) is 2.15. The maximum Gasteiger partial charge on any atom is 0.262 e. The molecule has 2 unspecified atom stereocenters. The molecule has 1 N–H and O–H groups in total. The summed E-state index contributed by atoms with van der Waals surface area (Å²) in [5.74, 6) is 0.195. The van der Waals surface area contributed by atoms with Gasteiger partial charge in [-0.25, -0.2) is 0 Å². The third-order valence-corrected chi connectivity index (χ3v) is 3.79. The van der Waals surface area contributed by atoms with E-state index in [2.05, 4.69) is 17.2 Å². The van der Waals surface area contributed by atoms with E-state index in [9.17, 15) is 4.79 Å². The molecule has 0 radical (unpaired) electrons. The molecule has 1 heterocycles. The fourth-order valence-electron chi connectivity index (χ4n) is 2.55. The second kappa shape index (κ2) is 6.85. The number of carbonyl (C=O) groups excluding carboxylic acids is 1. The van der Waals surface area contributed by atoms with Gasteiger partial charge in [0.1, 0.15) is 11.6 Å². The largest absolute Gasteiger partial charge is 0.348 e. The van der Waals surface area contributed by atoms with Crippen LogP contribution in [-0.2, 0) is 4.79 Å². The molecule has 2 atom stereocenters. The smallest absolute Gasteiger partial charge is 0.262 e. The van der Waals surface area contributed by atoms with Crippen LogP contribution < -0.4 is 5.32 Å². The number of aromatic nitrogens is 1. The first-order chi connectivity index (χ1) is 9.70. The topological polar surface area (TPSA) is 65.8 Å². The first kappa shape index (κ1) is 14.3. The Hall–Kier alpha value is -2.15. The van der Waals surface area contributed by atoms with Crippen molar-refractivity contribution in [3.63, 3.8) is 0 Å². The van der Waals surface area contributed by atoms with Crippen molar-refractivity contribution in [2.24, 2.45) is 5.92 Å². The molecule has 4 nitrogen and oxygen atoms in total. The average molecular weight is 269 g/mol. The molecule has 0 saturated heterocycles. The number of carbonyl (C=O) groups is 1. The second-order valence-electron chi connectivity index (χ2n) is 5.30. The van der Waals surface area contributed by atoms with Crippen LogP contribution in [0.2, 0.25) is 0 Å². The van der Waals surface area contributed by atoms with E-state index in [0.717, 1.165) is 24.8 Å². The van der Waals surface area contributed by atoms with E-state index < -0.39 is 0 Å². The Bertz CT molecular complexity index is 530. The highest BCUT2D eigenvalue weighted by molar-refractivity contribution is 6.01. The predicted molar refractivity (Wildman–Crippen MR) is 77.4 cm³/mol. The Labute approximate surface area is 119 Å². The van der Waals surface area contributed by atoms with Crippen LogP contribution in [0.25, 0.3) is 6.08 Å². The summed E-state index contributed by atoms with van der Waals surface area (Å²) in [5, 5.41) is 12.1. The monoisotopic (exact) mass is 269 g/mol. The number of hydrogen-bond donors (Lipinski definition) is 1. The van der Waals surface area contributed by atoms with Crippen molar-refractivity contribution >= 4 is 12.0 Å². The van der Waals surface area contributed by atoms with Gasteiger partial charge in [-0.1, -0.05) is 25.8 Å². The molecule has 20 heavy (non-hydrogen) atoms. The molecule has 0 aromatic carbocycles. The zero-order valence-corrected chi connectivity index (χ0v) is 11.7. The van der Waals surface area contributed by atoms with Crippen LogP contribution in [-0.4, -0.2) is 16.9 Å². The highest BCUT2D eigenvalue weighted by Gasteiger charge is 2.23. The van der Waals surface area contributed by atoms with E-state index in [-0.39, 0.29) is 17.5 Å². The Morgan fingerprint density at radius 1 is 1.50 bits per heavy atom. The predicted octanol–water partition coefficient (Wildman–Crippen LogP) is 2.68. The Morgan fingerprint density at radius 3 is 2.95 bits per heavy atom. The van der Waals surface area contributed by atoms with E-state index in [1.54, 1.807) is 24.5 Å². The third-order valence-electron chi connectivity index (χ3n) is 3.79. The van der Waals surface area contributed by atoms with Gasteiger partial charge in [0.15, 0.2) is 0 Å². The number of nitrogens with one attached hydrogen (secondary N) is 1. The zero-order valence-electron chi connectivity index (χ0n) is 11.7. The van der Waals surface area contributed by atoms with Crippen molar-refractivity contribution in [3.8, 4) is 6.07 Å². The molecule has 104 valence electrons. The quantitative estimate of drug-likeness (QED) is 0.677. The minimum Gasteiger partial charge on any atom is -0.348 e. The minimum atomic E-state index is -0.282. The summed E-state index contributed by atoms with van der Waals surface area (Å²) in [5.41, 5.74) is 0.895. The zero-order chi connectivity index (χ0) is 14.4. The lowest BCUT2D eigenvalue weighted by Gasteiger charge is -2.29. The molecule has 1 fully saturated rings. The first-order valence-electron chi connectivity index (χ1n) is 7.03. The maximum absolute atomic E-state index is 12.2. The fourth-order valence-corrected chi connectivity index (χ4v) is 2.55. The van der Waals surface area contributed by atoms with Gasteiger partial charge in [0.2, 0.25) is 0 Å². The SMILES string of the molecule is CC1CCCCC1NC(=O)C(C#N)=Cc1cccnc1. The highest BCUT2D eigenvalue weighted by atomic mass is 16.1. The van der Waals surface area contributed by atoms with Crippen LogP contribution in [0.1, 0.15) is 38.2 Å². The lowest BCUT2D eigenvalue weighted by atomic mass is 9.86. The van der Waals surface area contributed by atoms with E-state index in [0.29, 0.717) is 5.92 Å². The molecule has 0 aliphatic heterocycles. The van der Waals surface area contributed by atoms with Crippen LogP contribution in [0.3, 0.4) is 0 Å². The Kier molecular flexibility index (Phi) is 4.89. The summed E-state index contributed by atoms with van der Waals surface area (Å²) >= 11 is 0. The van der Waals surface area contributed by atoms with Crippen molar-refractivity contribution < 1.29 is 4.79 Å².